The maximum absolute atomic E-state index is 12.7. The van der Waals surface area contributed by atoms with Crippen LogP contribution in [0.5, 0.6) is 0 Å². The summed E-state index contributed by atoms with van der Waals surface area (Å²) in [6.45, 7) is 4.81. The number of ether oxygens (including phenoxy) is 1. The molecule has 0 bridgehead atoms. The number of hydrogen-bond acceptors (Lipinski definition) is 5. The van der Waals surface area contributed by atoms with E-state index in [-0.39, 0.29) is 18.0 Å². The van der Waals surface area contributed by atoms with Gasteiger partial charge in [-0.05, 0) is 96.1 Å². The van der Waals surface area contributed by atoms with Crippen molar-refractivity contribution >= 4 is 17.8 Å². The maximum Gasteiger partial charge on any atom is 0.326 e. The molecule has 0 heterocycles. The lowest BCUT2D eigenvalue weighted by Gasteiger charge is -2.15. The van der Waals surface area contributed by atoms with Gasteiger partial charge < -0.3 is 20.9 Å². The summed E-state index contributed by atoms with van der Waals surface area (Å²) in [5.74, 6) is -1.36. The maximum atomic E-state index is 12.7. The van der Waals surface area contributed by atoms with Crippen molar-refractivity contribution in [3.8, 4) is 0 Å². The summed E-state index contributed by atoms with van der Waals surface area (Å²) in [5.41, 5.74) is 5.48. The monoisotopic (exact) mass is 785 g/mol. The van der Waals surface area contributed by atoms with E-state index < -0.39 is 12.0 Å². The van der Waals surface area contributed by atoms with E-state index in [4.69, 9.17) is 10.5 Å². The molecule has 0 saturated carbocycles. The number of nitrogens with one attached hydrogen (secondary N) is 1. The van der Waals surface area contributed by atoms with Gasteiger partial charge in [0.25, 0.3) is 0 Å². The second kappa shape index (κ2) is 43.5. The van der Waals surface area contributed by atoms with Gasteiger partial charge in [-0.1, -0.05) is 172 Å². The Morgan fingerprint density at radius 3 is 1.57 bits per heavy atom. The first-order valence-electron chi connectivity index (χ1n) is 23.5. The van der Waals surface area contributed by atoms with Crippen LogP contribution in [0.1, 0.15) is 226 Å². The topological polar surface area (TPSA) is 119 Å². The molecule has 0 saturated heterocycles. The molecule has 0 aliphatic carbocycles. The molecule has 7 heteroatoms. The van der Waals surface area contributed by atoms with Crippen LogP contribution in [0.3, 0.4) is 0 Å². The summed E-state index contributed by atoms with van der Waals surface area (Å²) >= 11 is 0. The van der Waals surface area contributed by atoms with Gasteiger partial charge in [0.05, 0.1) is 0 Å². The number of amides is 1. The van der Waals surface area contributed by atoms with E-state index in [9.17, 15) is 19.5 Å². The van der Waals surface area contributed by atoms with Crippen molar-refractivity contribution in [2.45, 2.75) is 238 Å². The van der Waals surface area contributed by atoms with Gasteiger partial charge in [0.2, 0.25) is 5.91 Å². The third kappa shape index (κ3) is 39.6. The predicted molar refractivity (Wildman–Crippen MR) is 239 cm³/mol. The Kier molecular flexibility index (Phi) is 41.4. The van der Waals surface area contributed by atoms with Gasteiger partial charge in [0.15, 0.2) is 0 Å². The molecule has 0 aliphatic heterocycles. The molecule has 2 unspecified atom stereocenters. The van der Waals surface area contributed by atoms with E-state index in [0.717, 1.165) is 57.8 Å². The molecule has 0 aromatic carbocycles. The number of carboxylic acids is 1. The first kappa shape index (κ1) is 53.3. The average Bonchev–Trinajstić information content (AvgIpc) is 3.18. The van der Waals surface area contributed by atoms with Crippen molar-refractivity contribution in [1.82, 2.24) is 5.32 Å². The minimum Gasteiger partial charge on any atom is -0.480 e. The SMILES string of the molecule is CC/C=C\C/C=C\C/C=C\C(CCCCCCC(=O)NC(CCCN)C(=O)O)OC(=O)CCCCCCCCCCCCC/C=C\CCCCCCCCCC. The lowest BCUT2D eigenvalue weighted by Crippen LogP contribution is -2.40. The van der Waals surface area contributed by atoms with Crippen LogP contribution in [0.4, 0.5) is 0 Å². The fourth-order valence-corrected chi connectivity index (χ4v) is 6.85. The van der Waals surface area contributed by atoms with Crippen molar-refractivity contribution in [3.63, 3.8) is 0 Å². The second-order valence-corrected chi connectivity index (χ2v) is 15.8. The number of rotatable bonds is 42. The minimum atomic E-state index is -1.02. The van der Waals surface area contributed by atoms with E-state index >= 15 is 0 Å². The molecular weight excluding hydrogens is 697 g/mol. The summed E-state index contributed by atoms with van der Waals surface area (Å²) in [6.07, 6.45) is 53.4. The Hall–Kier alpha value is -2.67. The quantitative estimate of drug-likeness (QED) is 0.0322. The van der Waals surface area contributed by atoms with Crippen molar-refractivity contribution in [2.75, 3.05) is 6.54 Å². The summed E-state index contributed by atoms with van der Waals surface area (Å²) in [4.78, 5) is 36.4. The molecule has 0 spiro atoms. The Morgan fingerprint density at radius 2 is 1.04 bits per heavy atom. The van der Waals surface area contributed by atoms with E-state index in [0.29, 0.717) is 38.6 Å². The number of carboxylic acid groups (broad SMARTS) is 1. The zero-order chi connectivity index (χ0) is 41.0. The zero-order valence-corrected chi connectivity index (χ0v) is 36.5. The third-order valence-corrected chi connectivity index (χ3v) is 10.4. The number of unbranched alkanes of at least 4 members (excludes halogenated alkanes) is 22. The Labute approximate surface area is 345 Å². The lowest BCUT2D eigenvalue weighted by atomic mass is 10.0. The first-order chi connectivity index (χ1) is 27.4. The second-order valence-electron chi connectivity index (χ2n) is 15.8. The highest BCUT2D eigenvalue weighted by molar-refractivity contribution is 5.83. The molecular formula is C49H88N2O5. The predicted octanol–water partition coefficient (Wildman–Crippen LogP) is 13.6. The highest BCUT2D eigenvalue weighted by Gasteiger charge is 2.19. The molecule has 324 valence electrons. The minimum absolute atomic E-state index is 0.113. The molecule has 0 fully saturated rings. The van der Waals surface area contributed by atoms with Crippen molar-refractivity contribution in [1.29, 1.82) is 0 Å². The number of esters is 1. The van der Waals surface area contributed by atoms with Crippen LogP contribution in [0.2, 0.25) is 0 Å². The summed E-state index contributed by atoms with van der Waals surface area (Å²) in [7, 11) is 0. The standard InChI is InChI=1S/C49H88N2O5/c1-3-5-7-9-11-13-14-15-16-17-18-19-20-21-22-23-24-25-26-27-29-31-37-43-48(53)56-45(39-34-30-28-12-10-8-6-4-2)40-35-32-33-36-42-47(52)51-46(49(54)55)41-38-44-50/h6,8,12,17-18,28,34,39,45-46H,3-5,7,9-11,13-16,19-27,29-33,35-38,40-44,50H2,1-2H3,(H,51,52)(H,54,55)/b8-6-,18-17-,28-12-,39-34-. The normalized spacial score (nSPS) is 13.1. The van der Waals surface area contributed by atoms with Crippen LogP contribution in [0.25, 0.3) is 0 Å². The molecule has 4 N–H and O–H groups in total. The lowest BCUT2D eigenvalue weighted by molar-refractivity contribution is -0.147. The molecule has 7 nitrogen and oxygen atoms in total. The van der Waals surface area contributed by atoms with Gasteiger partial charge in [-0.15, -0.1) is 0 Å². The molecule has 0 radical (unpaired) electrons. The van der Waals surface area contributed by atoms with Gasteiger partial charge in [-0.25, -0.2) is 4.79 Å². The van der Waals surface area contributed by atoms with Crippen molar-refractivity contribution < 1.29 is 24.2 Å². The van der Waals surface area contributed by atoms with Crippen molar-refractivity contribution in [3.05, 3.63) is 48.6 Å². The van der Waals surface area contributed by atoms with Crippen LogP contribution in [0.15, 0.2) is 48.6 Å². The molecule has 56 heavy (non-hydrogen) atoms. The van der Waals surface area contributed by atoms with Gasteiger partial charge >= 0.3 is 11.9 Å². The van der Waals surface area contributed by atoms with Gasteiger partial charge in [-0.2, -0.15) is 0 Å². The smallest absolute Gasteiger partial charge is 0.326 e. The number of hydrogen-bond donors (Lipinski definition) is 3. The average molecular weight is 785 g/mol. The van der Waals surface area contributed by atoms with Gasteiger partial charge in [0, 0.05) is 12.8 Å². The van der Waals surface area contributed by atoms with Crippen molar-refractivity contribution in [2.24, 2.45) is 5.73 Å². The highest BCUT2D eigenvalue weighted by Crippen LogP contribution is 2.16. The van der Waals surface area contributed by atoms with Crippen LogP contribution in [0, 0.1) is 0 Å². The van der Waals surface area contributed by atoms with Gasteiger partial charge in [-0.3, -0.25) is 9.59 Å². The molecule has 0 aromatic rings. The number of carbonyl (C=O) groups is 3. The van der Waals surface area contributed by atoms with E-state index in [1.807, 2.05) is 6.08 Å². The fraction of sp³-hybridized carbons (Fsp3) is 0.776. The summed E-state index contributed by atoms with van der Waals surface area (Å²) in [5, 5.41) is 11.9. The van der Waals surface area contributed by atoms with Crippen LogP contribution >= 0.6 is 0 Å². The van der Waals surface area contributed by atoms with Crippen LogP contribution in [-0.2, 0) is 19.1 Å². The Bertz CT molecular complexity index is 1020. The molecule has 0 rings (SSSR count). The van der Waals surface area contributed by atoms with Crippen LogP contribution in [-0.4, -0.2) is 41.6 Å². The zero-order valence-electron chi connectivity index (χ0n) is 36.5. The molecule has 0 aromatic heterocycles. The summed E-state index contributed by atoms with van der Waals surface area (Å²) < 4.78 is 5.91. The first-order valence-corrected chi connectivity index (χ1v) is 23.5. The Balaban J connectivity index is 4.11. The summed E-state index contributed by atoms with van der Waals surface area (Å²) in [6, 6.07) is -0.877. The molecule has 0 aliphatic rings. The van der Waals surface area contributed by atoms with E-state index in [1.54, 1.807) is 0 Å². The number of nitrogens with two attached hydrogens (primary N) is 1. The van der Waals surface area contributed by atoms with E-state index in [1.165, 1.54) is 122 Å². The molecule has 2 atom stereocenters. The fourth-order valence-electron chi connectivity index (χ4n) is 6.85. The number of aliphatic carboxylic acids is 1. The van der Waals surface area contributed by atoms with Crippen LogP contribution < -0.4 is 11.1 Å². The largest absolute Gasteiger partial charge is 0.480 e. The number of carbonyl (C=O) groups excluding carboxylic acids is 2. The number of allylic oxidation sites excluding steroid dienone is 7. The Morgan fingerprint density at radius 1 is 0.554 bits per heavy atom. The highest BCUT2D eigenvalue weighted by atomic mass is 16.5. The third-order valence-electron chi connectivity index (χ3n) is 10.4. The van der Waals surface area contributed by atoms with E-state index in [2.05, 4.69) is 61.7 Å². The molecule has 1 amide bonds. The van der Waals surface area contributed by atoms with Gasteiger partial charge in [0.1, 0.15) is 12.1 Å².